The Balaban J connectivity index is 1.95. The van der Waals surface area contributed by atoms with E-state index in [1.807, 2.05) is 0 Å². The van der Waals surface area contributed by atoms with Crippen LogP contribution in [-0.2, 0) is 10.2 Å². The maximum absolute atomic E-state index is 12.2. The van der Waals surface area contributed by atoms with Gasteiger partial charge in [-0.15, -0.1) is 0 Å². The van der Waals surface area contributed by atoms with Gasteiger partial charge in [-0.25, -0.2) is 0 Å². The van der Waals surface area contributed by atoms with Crippen molar-refractivity contribution in [3.63, 3.8) is 0 Å². The van der Waals surface area contributed by atoms with E-state index < -0.39 is 10.2 Å². The Kier molecular flexibility index (Phi) is 4.44. The van der Waals surface area contributed by atoms with Gasteiger partial charge in [0.15, 0.2) is 0 Å². The summed E-state index contributed by atoms with van der Waals surface area (Å²) in [5, 5.41) is 0. The maximum atomic E-state index is 12.2. The fourth-order valence-corrected chi connectivity index (χ4v) is 4.48. The van der Waals surface area contributed by atoms with Crippen molar-refractivity contribution in [1.82, 2.24) is 9.03 Å². The topological polar surface area (TPSA) is 49.4 Å². The normalized spacial score (nSPS) is 32.5. The molecule has 2 unspecified atom stereocenters. The number of hydrogen-bond acceptors (Lipinski definition) is 2. The van der Waals surface area contributed by atoms with Crippen molar-refractivity contribution < 1.29 is 8.42 Å². The largest absolute Gasteiger partial charge is 0.279 e. The van der Waals surface area contributed by atoms with E-state index in [2.05, 4.69) is 11.6 Å². The predicted octanol–water partition coefficient (Wildman–Crippen LogP) is 1.89. The van der Waals surface area contributed by atoms with Crippen LogP contribution in [-0.4, -0.2) is 31.9 Å². The summed E-state index contributed by atoms with van der Waals surface area (Å²) in [6.07, 6.45) is 7.69. The second kappa shape index (κ2) is 5.67. The predicted molar refractivity (Wildman–Crippen MR) is 68.9 cm³/mol. The molecule has 2 rings (SSSR count). The highest BCUT2D eigenvalue weighted by atomic mass is 32.2. The molecule has 0 aromatic carbocycles. The molecule has 0 aromatic rings. The maximum Gasteiger partial charge on any atom is 0.279 e. The van der Waals surface area contributed by atoms with Gasteiger partial charge in [0, 0.05) is 19.1 Å². The van der Waals surface area contributed by atoms with E-state index in [1.54, 1.807) is 4.31 Å². The first-order valence-electron chi connectivity index (χ1n) is 6.87. The highest BCUT2D eigenvalue weighted by Gasteiger charge is 2.30. The number of piperidine rings is 1. The average molecular weight is 260 g/mol. The molecule has 2 atom stereocenters. The molecule has 100 valence electrons. The second-order valence-electron chi connectivity index (χ2n) is 5.45. The van der Waals surface area contributed by atoms with Crippen molar-refractivity contribution >= 4 is 10.2 Å². The minimum Gasteiger partial charge on any atom is -0.199 e. The molecular weight excluding hydrogens is 236 g/mol. The van der Waals surface area contributed by atoms with Crippen molar-refractivity contribution in [2.45, 2.75) is 57.9 Å². The van der Waals surface area contributed by atoms with E-state index in [9.17, 15) is 8.42 Å². The van der Waals surface area contributed by atoms with Gasteiger partial charge >= 0.3 is 0 Å². The van der Waals surface area contributed by atoms with Crippen LogP contribution in [0.4, 0.5) is 0 Å². The summed E-state index contributed by atoms with van der Waals surface area (Å²) in [5.41, 5.74) is 0. The summed E-state index contributed by atoms with van der Waals surface area (Å²) >= 11 is 0. The zero-order valence-electron chi connectivity index (χ0n) is 10.7. The third-order valence-corrected chi connectivity index (χ3v) is 5.71. The summed E-state index contributed by atoms with van der Waals surface area (Å²) in [6.45, 7) is 3.54. The van der Waals surface area contributed by atoms with Gasteiger partial charge in [0.2, 0.25) is 0 Å². The van der Waals surface area contributed by atoms with Gasteiger partial charge < -0.3 is 0 Å². The lowest BCUT2D eigenvalue weighted by molar-refractivity contribution is 0.292. The van der Waals surface area contributed by atoms with Crippen LogP contribution in [0.15, 0.2) is 0 Å². The molecule has 1 saturated carbocycles. The van der Waals surface area contributed by atoms with Crippen LogP contribution >= 0.6 is 0 Å². The van der Waals surface area contributed by atoms with Crippen LogP contribution in [0.5, 0.6) is 0 Å². The lowest BCUT2D eigenvalue weighted by Gasteiger charge is -2.33. The van der Waals surface area contributed by atoms with Gasteiger partial charge in [0.05, 0.1) is 0 Å². The molecule has 4 nitrogen and oxygen atoms in total. The lowest BCUT2D eigenvalue weighted by Crippen LogP contribution is -2.49. The van der Waals surface area contributed by atoms with Gasteiger partial charge in [-0.2, -0.15) is 17.4 Å². The molecule has 1 N–H and O–H groups in total. The van der Waals surface area contributed by atoms with Gasteiger partial charge in [-0.3, -0.25) is 0 Å². The Labute approximate surface area is 105 Å². The number of hydrogen-bond donors (Lipinski definition) is 1. The zero-order valence-corrected chi connectivity index (χ0v) is 11.5. The molecule has 1 heterocycles. The number of nitrogens with one attached hydrogen (secondary N) is 1. The van der Waals surface area contributed by atoms with Crippen molar-refractivity contribution in [3.05, 3.63) is 0 Å². The Morgan fingerprint density at radius 2 is 1.65 bits per heavy atom. The molecule has 1 aliphatic carbocycles. The molecule has 0 radical (unpaired) electrons. The number of nitrogens with zero attached hydrogens (tertiary/aromatic N) is 1. The Bertz CT molecular complexity index is 336. The van der Waals surface area contributed by atoms with E-state index in [4.69, 9.17) is 0 Å². The fourth-order valence-electron chi connectivity index (χ4n) is 2.86. The Morgan fingerprint density at radius 1 is 1.00 bits per heavy atom. The van der Waals surface area contributed by atoms with Crippen LogP contribution in [0.25, 0.3) is 0 Å². The molecule has 2 aliphatic rings. The van der Waals surface area contributed by atoms with Crippen LogP contribution in [0.2, 0.25) is 0 Å². The molecular formula is C12H24N2O2S. The molecule has 1 aliphatic heterocycles. The van der Waals surface area contributed by atoms with Crippen molar-refractivity contribution in [2.24, 2.45) is 5.92 Å². The minimum absolute atomic E-state index is 0.149. The van der Waals surface area contributed by atoms with E-state index in [0.717, 1.165) is 38.5 Å². The minimum atomic E-state index is -3.23. The standard InChI is InChI=1S/C12H24N2O2S/c1-11-7-3-4-8-12(11)13-17(15,16)14-9-5-2-6-10-14/h11-13H,2-10H2,1H3. The van der Waals surface area contributed by atoms with Crippen LogP contribution in [0.1, 0.15) is 51.9 Å². The Morgan fingerprint density at radius 3 is 2.29 bits per heavy atom. The smallest absolute Gasteiger partial charge is 0.199 e. The van der Waals surface area contributed by atoms with Crippen LogP contribution in [0, 0.1) is 5.92 Å². The second-order valence-corrected chi connectivity index (χ2v) is 7.15. The van der Waals surface area contributed by atoms with Crippen molar-refractivity contribution in [3.8, 4) is 0 Å². The van der Waals surface area contributed by atoms with Crippen molar-refractivity contribution in [2.75, 3.05) is 13.1 Å². The first-order valence-corrected chi connectivity index (χ1v) is 8.31. The van der Waals surface area contributed by atoms with Gasteiger partial charge in [0.1, 0.15) is 0 Å². The third kappa shape index (κ3) is 3.42. The highest BCUT2D eigenvalue weighted by Crippen LogP contribution is 2.25. The monoisotopic (exact) mass is 260 g/mol. The van der Waals surface area contributed by atoms with Gasteiger partial charge in [-0.1, -0.05) is 26.2 Å². The molecule has 5 heteroatoms. The molecule has 0 aromatic heterocycles. The fraction of sp³-hybridized carbons (Fsp3) is 1.00. The lowest BCUT2D eigenvalue weighted by atomic mass is 9.87. The van der Waals surface area contributed by atoms with Gasteiger partial charge in [-0.05, 0) is 31.6 Å². The van der Waals surface area contributed by atoms with E-state index in [-0.39, 0.29) is 6.04 Å². The molecule has 2 fully saturated rings. The quantitative estimate of drug-likeness (QED) is 0.842. The molecule has 0 bridgehead atoms. The summed E-state index contributed by atoms with van der Waals surface area (Å²) in [6, 6.07) is 0.149. The molecule has 1 saturated heterocycles. The van der Waals surface area contributed by atoms with E-state index in [0.29, 0.717) is 19.0 Å². The van der Waals surface area contributed by atoms with E-state index >= 15 is 0 Å². The first kappa shape index (κ1) is 13.3. The first-order chi connectivity index (χ1) is 8.09. The van der Waals surface area contributed by atoms with Crippen LogP contribution in [0.3, 0.4) is 0 Å². The highest BCUT2D eigenvalue weighted by molar-refractivity contribution is 7.87. The summed E-state index contributed by atoms with van der Waals surface area (Å²) in [5.74, 6) is 0.475. The summed E-state index contributed by atoms with van der Waals surface area (Å²) in [7, 11) is -3.23. The summed E-state index contributed by atoms with van der Waals surface area (Å²) < 4.78 is 29.0. The van der Waals surface area contributed by atoms with Crippen LogP contribution < -0.4 is 4.72 Å². The average Bonchev–Trinajstić information content (AvgIpc) is 2.33. The summed E-state index contributed by atoms with van der Waals surface area (Å²) in [4.78, 5) is 0. The zero-order chi connectivity index (χ0) is 12.3. The third-order valence-electron chi connectivity index (χ3n) is 4.07. The molecule has 17 heavy (non-hydrogen) atoms. The van der Waals surface area contributed by atoms with Gasteiger partial charge in [0.25, 0.3) is 10.2 Å². The Hall–Kier alpha value is -0.130. The van der Waals surface area contributed by atoms with E-state index in [1.165, 1.54) is 6.42 Å². The SMILES string of the molecule is CC1CCCCC1NS(=O)(=O)N1CCCCC1. The molecule has 0 spiro atoms. The number of rotatable bonds is 3. The molecule has 0 amide bonds. The van der Waals surface area contributed by atoms with Crippen molar-refractivity contribution in [1.29, 1.82) is 0 Å².